The summed E-state index contributed by atoms with van der Waals surface area (Å²) in [5.41, 5.74) is 3.23. The molecule has 1 N–H and O–H groups in total. The van der Waals surface area contributed by atoms with Gasteiger partial charge in [0.2, 0.25) is 0 Å². The maximum atomic E-state index is 6.57. The van der Waals surface area contributed by atoms with Gasteiger partial charge in [0.15, 0.2) is 0 Å². The van der Waals surface area contributed by atoms with E-state index in [2.05, 4.69) is 29.3 Å². The van der Waals surface area contributed by atoms with Crippen LogP contribution >= 0.6 is 11.6 Å². The number of aromatic nitrogens is 1. The van der Waals surface area contributed by atoms with E-state index < -0.39 is 0 Å². The molecule has 0 bridgehead atoms. The Kier molecular flexibility index (Phi) is 3.37. The van der Waals surface area contributed by atoms with Crippen molar-refractivity contribution in [1.82, 2.24) is 15.2 Å². The molecule has 21 heavy (non-hydrogen) atoms. The van der Waals surface area contributed by atoms with Gasteiger partial charge in [0, 0.05) is 25.0 Å². The van der Waals surface area contributed by atoms with Crippen molar-refractivity contribution >= 4 is 22.5 Å². The topological polar surface area (TPSA) is 28.2 Å². The largest absolute Gasteiger partial charge is 0.316 e. The molecule has 2 saturated heterocycles. The summed E-state index contributed by atoms with van der Waals surface area (Å²) >= 11 is 6.57. The zero-order chi connectivity index (χ0) is 14.4. The Morgan fingerprint density at radius 1 is 1.24 bits per heavy atom. The first-order chi connectivity index (χ1) is 10.2. The quantitative estimate of drug-likeness (QED) is 0.924. The zero-order valence-electron chi connectivity index (χ0n) is 12.3. The number of nitrogens with zero attached hydrogens (tertiary/aromatic N) is 2. The highest BCUT2D eigenvalue weighted by Crippen LogP contribution is 2.31. The number of nitrogens with one attached hydrogen (secondary N) is 1. The molecule has 2 aliphatic heterocycles. The van der Waals surface area contributed by atoms with Crippen LogP contribution < -0.4 is 5.32 Å². The van der Waals surface area contributed by atoms with E-state index in [1.54, 1.807) is 0 Å². The maximum Gasteiger partial charge on any atom is 0.0740 e. The number of halogens is 1. The molecule has 2 aliphatic rings. The van der Waals surface area contributed by atoms with Crippen molar-refractivity contribution < 1.29 is 0 Å². The molecule has 2 atom stereocenters. The lowest BCUT2D eigenvalue weighted by molar-refractivity contribution is 0.302. The fourth-order valence-electron chi connectivity index (χ4n) is 3.82. The molecule has 110 valence electrons. The highest BCUT2D eigenvalue weighted by Gasteiger charge is 2.36. The maximum absolute atomic E-state index is 6.57. The SMILES string of the molecule is Cc1c(Cl)c(CN2CC3CNCC3C2)nc2ccccc12. The number of likely N-dealkylation sites (tertiary alicyclic amines) is 1. The molecule has 0 aliphatic carbocycles. The van der Waals surface area contributed by atoms with Crippen LogP contribution in [0.1, 0.15) is 11.3 Å². The third-order valence-corrected chi connectivity index (χ3v) is 5.49. The number of hydrogen-bond acceptors (Lipinski definition) is 3. The second-order valence-electron chi connectivity index (χ2n) is 6.39. The van der Waals surface area contributed by atoms with Crippen LogP contribution in [-0.4, -0.2) is 36.1 Å². The van der Waals surface area contributed by atoms with Gasteiger partial charge in [0.05, 0.1) is 16.2 Å². The third kappa shape index (κ3) is 2.33. The Hall–Kier alpha value is -1.16. The first-order valence-electron chi connectivity index (χ1n) is 7.69. The molecule has 2 aromatic rings. The fourth-order valence-corrected chi connectivity index (χ4v) is 4.02. The van der Waals surface area contributed by atoms with Crippen molar-refractivity contribution in [3.63, 3.8) is 0 Å². The average Bonchev–Trinajstić information content (AvgIpc) is 3.05. The van der Waals surface area contributed by atoms with Crippen LogP contribution in [0.15, 0.2) is 24.3 Å². The van der Waals surface area contributed by atoms with Crippen LogP contribution in [-0.2, 0) is 6.54 Å². The molecule has 4 rings (SSSR count). The van der Waals surface area contributed by atoms with Crippen LogP contribution in [0.2, 0.25) is 5.02 Å². The Labute approximate surface area is 130 Å². The summed E-state index contributed by atoms with van der Waals surface area (Å²) in [7, 11) is 0. The number of benzene rings is 1. The normalized spacial score (nSPS) is 25.6. The molecular weight excluding hydrogens is 282 g/mol. The molecular formula is C17H20ClN3. The van der Waals surface area contributed by atoms with Crippen molar-refractivity contribution in [3.05, 3.63) is 40.5 Å². The zero-order valence-corrected chi connectivity index (χ0v) is 13.0. The van der Waals surface area contributed by atoms with E-state index in [0.717, 1.165) is 45.6 Å². The third-order valence-electron chi connectivity index (χ3n) is 4.98. The average molecular weight is 302 g/mol. The van der Waals surface area contributed by atoms with Crippen LogP contribution in [0.3, 0.4) is 0 Å². The second-order valence-corrected chi connectivity index (χ2v) is 6.77. The molecule has 3 heterocycles. The van der Waals surface area contributed by atoms with Crippen LogP contribution in [0, 0.1) is 18.8 Å². The van der Waals surface area contributed by atoms with Crippen molar-refractivity contribution in [2.45, 2.75) is 13.5 Å². The predicted molar refractivity (Wildman–Crippen MR) is 86.6 cm³/mol. The van der Waals surface area contributed by atoms with Gasteiger partial charge < -0.3 is 5.32 Å². The molecule has 2 fully saturated rings. The summed E-state index contributed by atoms with van der Waals surface area (Å²) in [5.74, 6) is 1.62. The molecule has 2 unspecified atom stereocenters. The van der Waals surface area contributed by atoms with Crippen molar-refractivity contribution in [2.24, 2.45) is 11.8 Å². The van der Waals surface area contributed by atoms with Gasteiger partial charge in [-0.1, -0.05) is 29.8 Å². The Bertz CT molecular complexity index is 673. The molecule has 0 amide bonds. The number of rotatable bonds is 2. The number of aryl methyl sites for hydroxylation is 1. The standard InChI is InChI=1S/C17H20ClN3/c1-11-14-4-2-3-5-15(14)20-16(17(11)18)10-21-8-12-6-19-7-13(12)9-21/h2-5,12-13,19H,6-10H2,1H3. The summed E-state index contributed by atoms with van der Waals surface area (Å²) in [6, 6.07) is 8.25. The lowest BCUT2D eigenvalue weighted by Crippen LogP contribution is -2.26. The fraction of sp³-hybridized carbons (Fsp3) is 0.471. The molecule has 1 aromatic carbocycles. The number of hydrogen-bond donors (Lipinski definition) is 1. The van der Waals surface area contributed by atoms with E-state index >= 15 is 0 Å². The molecule has 0 spiro atoms. The summed E-state index contributed by atoms with van der Waals surface area (Å²) in [4.78, 5) is 7.32. The van der Waals surface area contributed by atoms with Gasteiger partial charge in [-0.15, -0.1) is 0 Å². The Balaban J connectivity index is 1.63. The van der Waals surface area contributed by atoms with E-state index in [1.165, 1.54) is 26.2 Å². The highest BCUT2D eigenvalue weighted by atomic mass is 35.5. The van der Waals surface area contributed by atoms with Crippen molar-refractivity contribution in [1.29, 1.82) is 0 Å². The number of pyridine rings is 1. The molecule has 1 aromatic heterocycles. The summed E-state index contributed by atoms with van der Waals surface area (Å²) < 4.78 is 0. The van der Waals surface area contributed by atoms with Crippen LogP contribution in [0.4, 0.5) is 0 Å². The number of para-hydroxylation sites is 1. The van der Waals surface area contributed by atoms with Gasteiger partial charge in [-0.2, -0.15) is 0 Å². The molecule has 0 saturated carbocycles. The van der Waals surface area contributed by atoms with Gasteiger partial charge >= 0.3 is 0 Å². The molecule has 3 nitrogen and oxygen atoms in total. The minimum atomic E-state index is 0.810. The van der Waals surface area contributed by atoms with Gasteiger partial charge in [-0.05, 0) is 43.5 Å². The summed E-state index contributed by atoms with van der Waals surface area (Å²) in [5, 5.41) is 5.48. The highest BCUT2D eigenvalue weighted by molar-refractivity contribution is 6.32. The van der Waals surface area contributed by atoms with Gasteiger partial charge in [-0.25, -0.2) is 4.98 Å². The van der Waals surface area contributed by atoms with E-state index in [-0.39, 0.29) is 0 Å². The minimum Gasteiger partial charge on any atom is -0.316 e. The lowest BCUT2D eigenvalue weighted by Gasteiger charge is -2.18. The van der Waals surface area contributed by atoms with Gasteiger partial charge in [0.1, 0.15) is 0 Å². The predicted octanol–water partition coefficient (Wildman–Crippen LogP) is 2.85. The Morgan fingerprint density at radius 2 is 1.95 bits per heavy atom. The first-order valence-corrected chi connectivity index (χ1v) is 8.07. The second kappa shape index (κ2) is 5.24. The van der Waals surface area contributed by atoms with E-state index in [4.69, 9.17) is 16.6 Å². The lowest BCUT2D eigenvalue weighted by atomic mass is 10.0. The summed E-state index contributed by atoms with van der Waals surface area (Å²) in [6.45, 7) is 7.64. The van der Waals surface area contributed by atoms with Gasteiger partial charge in [-0.3, -0.25) is 4.90 Å². The van der Waals surface area contributed by atoms with Crippen molar-refractivity contribution in [2.75, 3.05) is 26.2 Å². The van der Waals surface area contributed by atoms with Crippen molar-refractivity contribution in [3.8, 4) is 0 Å². The van der Waals surface area contributed by atoms with E-state index in [0.29, 0.717) is 0 Å². The number of fused-ring (bicyclic) bond motifs is 2. The Morgan fingerprint density at radius 3 is 2.71 bits per heavy atom. The smallest absolute Gasteiger partial charge is 0.0740 e. The molecule has 4 heteroatoms. The molecule has 0 radical (unpaired) electrons. The van der Waals surface area contributed by atoms with Crippen LogP contribution in [0.5, 0.6) is 0 Å². The van der Waals surface area contributed by atoms with E-state index in [1.807, 2.05) is 12.1 Å². The first kappa shape index (κ1) is 13.5. The minimum absolute atomic E-state index is 0.810. The monoisotopic (exact) mass is 301 g/mol. The van der Waals surface area contributed by atoms with Gasteiger partial charge in [0.25, 0.3) is 0 Å². The van der Waals surface area contributed by atoms with Crippen LogP contribution in [0.25, 0.3) is 10.9 Å². The summed E-state index contributed by atoms with van der Waals surface area (Å²) in [6.07, 6.45) is 0. The van der Waals surface area contributed by atoms with E-state index in [9.17, 15) is 0 Å².